The number of carbonyl (C=O) groups is 1. The van der Waals surface area contributed by atoms with Crippen molar-refractivity contribution in [1.82, 2.24) is 9.80 Å². The van der Waals surface area contributed by atoms with Crippen LogP contribution >= 0.6 is 0 Å². The van der Waals surface area contributed by atoms with Gasteiger partial charge in [0.2, 0.25) is 0 Å². The molecule has 0 N–H and O–H groups in total. The highest BCUT2D eigenvalue weighted by atomic mass is 16.5. The molecule has 1 saturated heterocycles. The number of ether oxygens (including phenoxy) is 2. The smallest absolute Gasteiger partial charge is 0.342 e. The van der Waals surface area contributed by atoms with Gasteiger partial charge < -0.3 is 14.4 Å². The molecular formula is C21H26N2O3. The summed E-state index contributed by atoms with van der Waals surface area (Å²) in [6, 6.07) is 17.1. The molecule has 1 fully saturated rings. The van der Waals surface area contributed by atoms with Crippen LogP contribution in [0.3, 0.4) is 0 Å². The fourth-order valence-corrected chi connectivity index (χ4v) is 3.15. The lowest BCUT2D eigenvalue weighted by molar-refractivity contribution is 0.0145. The predicted molar refractivity (Wildman–Crippen MR) is 102 cm³/mol. The summed E-state index contributed by atoms with van der Waals surface area (Å²) in [6.45, 7) is 4.71. The number of para-hydroxylation sites is 1. The Balaban J connectivity index is 1.76. The predicted octanol–water partition coefficient (Wildman–Crippen LogP) is 2.84. The van der Waals surface area contributed by atoms with Crippen molar-refractivity contribution in [3.05, 3.63) is 65.7 Å². The summed E-state index contributed by atoms with van der Waals surface area (Å²) in [6.07, 6.45) is -0.308. The van der Waals surface area contributed by atoms with E-state index in [1.54, 1.807) is 19.2 Å². The van der Waals surface area contributed by atoms with Gasteiger partial charge in [0.25, 0.3) is 0 Å². The number of carbonyl (C=O) groups excluding carboxylic acids is 1. The van der Waals surface area contributed by atoms with Crippen LogP contribution in [0.25, 0.3) is 0 Å². The minimum absolute atomic E-state index is 0.308. The summed E-state index contributed by atoms with van der Waals surface area (Å²) in [5, 5.41) is 0. The molecule has 1 heterocycles. The third kappa shape index (κ3) is 4.62. The van der Waals surface area contributed by atoms with Crippen LogP contribution in [-0.4, -0.2) is 62.7 Å². The van der Waals surface area contributed by atoms with Gasteiger partial charge in [0, 0.05) is 32.7 Å². The van der Waals surface area contributed by atoms with Crippen LogP contribution in [0.5, 0.6) is 5.75 Å². The molecule has 1 unspecified atom stereocenters. The van der Waals surface area contributed by atoms with Crippen molar-refractivity contribution >= 4 is 5.97 Å². The van der Waals surface area contributed by atoms with Crippen molar-refractivity contribution < 1.29 is 14.3 Å². The summed E-state index contributed by atoms with van der Waals surface area (Å²) in [5.41, 5.74) is 1.46. The summed E-state index contributed by atoms with van der Waals surface area (Å²) < 4.78 is 11.2. The molecule has 0 spiro atoms. The second-order valence-corrected chi connectivity index (χ2v) is 6.61. The number of benzene rings is 2. The van der Waals surface area contributed by atoms with E-state index in [0.717, 1.165) is 31.7 Å². The first-order valence-corrected chi connectivity index (χ1v) is 8.97. The van der Waals surface area contributed by atoms with Gasteiger partial charge in [-0.05, 0) is 24.7 Å². The van der Waals surface area contributed by atoms with Crippen molar-refractivity contribution in [3.8, 4) is 5.75 Å². The molecule has 0 radical (unpaired) electrons. The molecule has 0 aromatic heterocycles. The lowest BCUT2D eigenvalue weighted by atomic mass is 10.1. The van der Waals surface area contributed by atoms with Crippen LogP contribution in [0.15, 0.2) is 54.6 Å². The van der Waals surface area contributed by atoms with Crippen LogP contribution in [0.1, 0.15) is 22.0 Å². The molecule has 1 aliphatic heterocycles. The molecule has 138 valence electrons. The minimum atomic E-state index is -0.356. The maximum atomic E-state index is 12.8. The number of esters is 1. The van der Waals surface area contributed by atoms with Crippen molar-refractivity contribution in [2.75, 3.05) is 46.9 Å². The van der Waals surface area contributed by atoms with Crippen molar-refractivity contribution in [2.24, 2.45) is 0 Å². The van der Waals surface area contributed by atoms with Crippen LogP contribution in [0, 0.1) is 0 Å². The van der Waals surface area contributed by atoms with Gasteiger partial charge in [0.05, 0.1) is 7.11 Å². The van der Waals surface area contributed by atoms with Gasteiger partial charge in [-0.2, -0.15) is 0 Å². The van der Waals surface area contributed by atoms with E-state index >= 15 is 0 Å². The van der Waals surface area contributed by atoms with Gasteiger partial charge in [-0.1, -0.05) is 42.5 Å². The minimum Gasteiger partial charge on any atom is -0.496 e. The fraction of sp³-hybridized carbons (Fsp3) is 0.381. The fourth-order valence-electron chi connectivity index (χ4n) is 3.15. The van der Waals surface area contributed by atoms with Gasteiger partial charge in [0.15, 0.2) is 0 Å². The number of piperazine rings is 1. The summed E-state index contributed by atoms with van der Waals surface area (Å²) >= 11 is 0. The number of likely N-dealkylation sites (N-methyl/N-ethyl adjacent to an activating group) is 1. The largest absolute Gasteiger partial charge is 0.496 e. The second kappa shape index (κ2) is 8.83. The molecule has 2 aromatic carbocycles. The molecule has 0 amide bonds. The molecule has 5 heteroatoms. The Morgan fingerprint density at radius 2 is 1.65 bits per heavy atom. The maximum Gasteiger partial charge on any atom is 0.342 e. The van der Waals surface area contributed by atoms with Crippen LogP contribution in [0.2, 0.25) is 0 Å². The van der Waals surface area contributed by atoms with E-state index in [1.807, 2.05) is 42.5 Å². The third-order valence-corrected chi connectivity index (χ3v) is 4.77. The van der Waals surface area contributed by atoms with Gasteiger partial charge >= 0.3 is 5.97 Å². The highest BCUT2D eigenvalue weighted by Gasteiger charge is 2.24. The Morgan fingerprint density at radius 1 is 1.00 bits per heavy atom. The Labute approximate surface area is 155 Å². The highest BCUT2D eigenvalue weighted by molar-refractivity contribution is 5.92. The lowest BCUT2D eigenvalue weighted by Crippen LogP contribution is -2.46. The Hall–Kier alpha value is -2.37. The van der Waals surface area contributed by atoms with Crippen molar-refractivity contribution in [2.45, 2.75) is 6.10 Å². The van der Waals surface area contributed by atoms with E-state index in [2.05, 4.69) is 16.8 Å². The highest BCUT2D eigenvalue weighted by Crippen LogP contribution is 2.24. The van der Waals surface area contributed by atoms with E-state index in [0.29, 0.717) is 17.9 Å². The molecular weight excluding hydrogens is 328 g/mol. The number of nitrogens with zero attached hydrogens (tertiary/aromatic N) is 2. The number of hydrogen-bond acceptors (Lipinski definition) is 5. The zero-order chi connectivity index (χ0) is 18.4. The number of methoxy groups -OCH3 is 1. The molecule has 1 aliphatic rings. The van der Waals surface area contributed by atoms with E-state index in [4.69, 9.17) is 9.47 Å². The summed E-state index contributed by atoms with van der Waals surface area (Å²) in [7, 11) is 3.69. The first-order chi connectivity index (χ1) is 12.7. The Kier molecular flexibility index (Phi) is 6.26. The standard InChI is InChI=1S/C21H26N2O3/c1-22-12-14-23(15-13-22)16-20(17-8-4-3-5-9-17)26-21(24)18-10-6-7-11-19(18)25-2/h3-11,20H,12-16H2,1-2H3. The second-order valence-electron chi connectivity index (χ2n) is 6.61. The molecule has 0 saturated carbocycles. The first kappa shape index (κ1) is 18.4. The van der Waals surface area contributed by atoms with Crippen LogP contribution < -0.4 is 4.74 Å². The summed E-state index contributed by atoms with van der Waals surface area (Å²) in [4.78, 5) is 17.4. The van der Waals surface area contributed by atoms with E-state index in [9.17, 15) is 4.79 Å². The molecule has 2 aromatic rings. The molecule has 3 rings (SSSR count). The van der Waals surface area contributed by atoms with Gasteiger partial charge in [0.1, 0.15) is 17.4 Å². The van der Waals surface area contributed by atoms with Gasteiger partial charge in [-0.3, -0.25) is 4.90 Å². The molecule has 1 atom stereocenters. The van der Waals surface area contributed by atoms with Crippen molar-refractivity contribution in [1.29, 1.82) is 0 Å². The molecule has 0 bridgehead atoms. The molecule has 26 heavy (non-hydrogen) atoms. The van der Waals surface area contributed by atoms with Gasteiger partial charge in [-0.25, -0.2) is 4.79 Å². The quantitative estimate of drug-likeness (QED) is 0.746. The Bertz CT molecular complexity index is 712. The lowest BCUT2D eigenvalue weighted by Gasteiger charge is -2.34. The van der Waals surface area contributed by atoms with E-state index in [-0.39, 0.29) is 12.1 Å². The van der Waals surface area contributed by atoms with Gasteiger partial charge in [-0.15, -0.1) is 0 Å². The SMILES string of the molecule is COc1ccccc1C(=O)OC(CN1CCN(C)CC1)c1ccccc1. The molecule has 5 nitrogen and oxygen atoms in total. The number of rotatable bonds is 6. The van der Waals surface area contributed by atoms with E-state index in [1.165, 1.54) is 0 Å². The third-order valence-electron chi connectivity index (χ3n) is 4.77. The molecule has 0 aliphatic carbocycles. The first-order valence-electron chi connectivity index (χ1n) is 8.97. The normalized spacial score (nSPS) is 16.8. The van der Waals surface area contributed by atoms with E-state index < -0.39 is 0 Å². The topological polar surface area (TPSA) is 42.0 Å². The Morgan fingerprint density at radius 3 is 2.35 bits per heavy atom. The number of hydrogen-bond donors (Lipinski definition) is 0. The zero-order valence-corrected chi connectivity index (χ0v) is 15.4. The maximum absolute atomic E-state index is 12.8. The average Bonchev–Trinajstić information content (AvgIpc) is 2.69. The van der Waals surface area contributed by atoms with Crippen molar-refractivity contribution in [3.63, 3.8) is 0 Å². The average molecular weight is 354 g/mol. The van der Waals surface area contributed by atoms with Crippen LogP contribution in [0.4, 0.5) is 0 Å². The van der Waals surface area contributed by atoms with Crippen LogP contribution in [-0.2, 0) is 4.74 Å². The summed E-state index contributed by atoms with van der Waals surface area (Å²) in [5.74, 6) is 0.175. The monoisotopic (exact) mass is 354 g/mol. The zero-order valence-electron chi connectivity index (χ0n) is 15.4.